The topological polar surface area (TPSA) is 138 Å². The summed E-state index contributed by atoms with van der Waals surface area (Å²) in [4.78, 5) is 34.3. The van der Waals surface area contributed by atoms with Crippen molar-refractivity contribution in [3.8, 4) is 11.4 Å². The van der Waals surface area contributed by atoms with Crippen molar-refractivity contribution in [2.45, 2.75) is 24.8 Å². The first kappa shape index (κ1) is 22.1. The van der Waals surface area contributed by atoms with Gasteiger partial charge in [0.05, 0.1) is 34.7 Å². The summed E-state index contributed by atoms with van der Waals surface area (Å²) in [5.74, 6) is -0.564. The predicted octanol–water partition coefficient (Wildman–Crippen LogP) is 3.12. The van der Waals surface area contributed by atoms with Gasteiger partial charge in [0.2, 0.25) is 0 Å². The standard InChI is InChI=1S/C21H20Cl2N6O3/c1-32-13-6-14(22)17(15(23)7-13)29-10-27-18(24)16(20(29)31)19(30)28-12-5-11(8-26-9-12)21(25)3-2-4-21/h5-10H,2-4,24-25H2,1H3,(H,28,30). The fourth-order valence-corrected chi connectivity index (χ4v) is 4.20. The largest absolute Gasteiger partial charge is 0.497 e. The Balaban J connectivity index is 1.71. The number of pyridine rings is 1. The average Bonchev–Trinajstić information content (AvgIpc) is 2.73. The number of nitrogens with zero attached hydrogens (tertiary/aromatic N) is 3. The van der Waals surface area contributed by atoms with Crippen LogP contribution in [0.15, 0.2) is 41.7 Å². The number of hydrogen-bond donors (Lipinski definition) is 3. The maximum Gasteiger partial charge on any atom is 0.273 e. The second-order valence-electron chi connectivity index (χ2n) is 7.55. The number of amides is 1. The van der Waals surface area contributed by atoms with Crippen molar-refractivity contribution in [1.82, 2.24) is 14.5 Å². The van der Waals surface area contributed by atoms with Crippen LogP contribution in [0, 0.1) is 0 Å². The van der Waals surface area contributed by atoms with Crippen molar-refractivity contribution in [1.29, 1.82) is 0 Å². The van der Waals surface area contributed by atoms with E-state index in [-0.39, 0.29) is 27.1 Å². The van der Waals surface area contributed by atoms with Crippen LogP contribution in [0.5, 0.6) is 5.75 Å². The Kier molecular flexibility index (Phi) is 5.81. The summed E-state index contributed by atoms with van der Waals surface area (Å²) in [5.41, 5.74) is 12.0. The highest BCUT2D eigenvalue weighted by molar-refractivity contribution is 6.38. The summed E-state index contributed by atoms with van der Waals surface area (Å²) in [5, 5.41) is 2.93. The molecule has 0 atom stereocenters. The van der Waals surface area contributed by atoms with Gasteiger partial charge in [-0.2, -0.15) is 0 Å². The second-order valence-corrected chi connectivity index (χ2v) is 8.36. The zero-order valence-electron chi connectivity index (χ0n) is 17.1. The normalized spacial score (nSPS) is 14.5. The number of ether oxygens (including phenoxy) is 1. The molecule has 0 saturated heterocycles. The van der Waals surface area contributed by atoms with Crippen LogP contribution in [0.1, 0.15) is 35.2 Å². The number of methoxy groups -OCH3 is 1. The highest BCUT2D eigenvalue weighted by Gasteiger charge is 2.34. The third kappa shape index (κ3) is 3.90. The Labute approximate surface area is 193 Å². The van der Waals surface area contributed by atoms with Crippen LogP contribution >= 0.6 is 23.2 Å². The number of benzene rings is 1. The predicted molar refractivity (Wildman–Crippen MR) is 123 cm³/mol. The molecule has 9 nitrogen and oxygen atoms in total. The molecule has 0 spiro atoms. The van der Waals surface area contributed by atoms with Gasteiger partial charge in [0.25, 0.3) is 11.5 Å². The quantitative estimate of drug-likeness (QED) is 0.516. The van der Waals surface area contributed by atoms with Crippen molar-refractivity contribution < 1.29 is 9.53 Å². The maximum absolute atomic E-state index is 13.2. The number of nitrogen functional groups attached to an aromatic ring is 1. The highest BCUT2D eigenvalue weighted by Crippen LogP contribution is 2.39. The van der Waals surface area contributed by atoms with Crippen molar-refractivity contribution in [2.75, 3.05) is 18.2 Å². The molecule has 1 amide bonds. The van der Waals surface area contributed by atoms with E-state index < -0.39 is 17.0 Å². The van der Waals surface area contributed by atoms with Gasteiger partial charge >= 0.3 is 0 Å². The van der Waals surface area contributed by atoms with Crippen LogP contribution < -0.4 is 27.1 Å². The van der Waals surface area contributed by atoms with Crippen LogP contribution in [0.2, 0.25) is 10.0 Å². The molecule has 2 aromatic heterocycles. The summed E-state index contributed by atoms with van der Waals surface area (Å²) < 4.78 is 6.18. The molecular weight excluding hydrogens is 455 g/mol. The van der Waals surface area contributed by atoms with Gasteiger partial charge in [-0.25, -0.2) is 4.98 Å². The zero-order valence-corrected chi connectivity index (χ0v) is 18.6. The number of nitrogens with one attached hydrogen (secondary N) is 1. The first-order valence-corrected chi connectivity index (χ1v) is 10.5. The molecule has 166 valence electrons. The number of rotatable bonds is 5. The average molecular weight is 475 g/mol. The molecule has 0 aliphatic heterocycles. The number of halogens is 2. The molecule has 5 N–H and O–H groups in total. The minimum Gasteiger partial charge on any atom is -0.497 e. The van der Waals surface area contributed by atoms with Gasteiger partial charge in [-0.3, -0.25) is 19.1 Å². The second kappa shape index (κ2) is 8.42. The lowest BCUT2D eigenvalue weighted by Crippen LogP contribution is -2.43. The van der Waals surface area contributed by atoms with Crippen molar-refractivity contribution in [3.63, 3.8) is 0 Å². The van der Waals surface area contributed by atoms with Crippen LogP contribution in [-0.4, -0.2) is 27.6 Å². The van der Waals surface area contributed by atoms with E-state index in [9.17, 15) is 9.59 Å². The van der Waals surface area contributed by atoms with Gasteiger partial charge in [-0.1, -0.05) is 23.2 Å². The van der Waals surface area contributed by atoms with Crippen molar-refractivity contribution in [3.05, 3.63) is 68.4 Å². The molecule has 1 fully saturated rings. The Hall–Kier alpha value is -3.14. The van der Waals surface area contributed by atoms with Gasteiger partial charge in [-0.05, 0) is 30.9 Å². The van der Waals surface area contributed by atoms with E-state index in [1.165, 1.54) is 25.4 Å². The minimum absolute atomic E-state index is 0.139. The molecule has 2 heterocycles. The summed E-state index contributed by atoms with van der Waals surface area (Å²) in [6.45, 7) is 0. The smallest absolute Gasteiger partial charge is 0.273 e. The zero-order chi connectivity index (χ0) is 23.0. The van der Waals surface area contributed by atoms with Crippen molar-refractivity contribution >= 4 is 40.6 Å². The molecule has 0 radical (unpaired) electrons. The lowest BCUT2D eigenvalue weighted by atomic mass is 9.73. The molecular formula is C21H20Cl2N6O3. The molecule has 1 aliphatic carbocycles. The number of carbonyl (C=O) groups is 1. The van der Waals surface area contributed by atoms with E-state index in [0.29, 0.717) is 11.4 Å². The molecule has 3 aromatic rings. The number of aromatic nitrogens is 3. The van der Waals surface area contributed by atoms with E-state index in [4.69, 9.17) is 39.4 Å². The van der Waals surface area contributed by atoms with Gasteiger partial charge < -0.3 is 21.5 Å². The van der Waals surface area contributed by atoms with Gasteiger partial charge in [0.1, 0.15) is 23.5 Å². The molecule has 32 heavy (non-hydrogen) atoms. The fourth-order valence-electron chi connectivity index (χ4n) is 3.55. The third-order valence-electron chi connectivity index (χ3n) is 5.51. The number of anilines is 2. The summed E-state index contributed by atoms with van der Waals surface area (Å²) in [7, 11) is 1.46. The van der Waals surface area contributed by atoms with Crippen LogP contribution in [0.25, 0.3) is 5.69 Å². The molecule has 0 unspecified atom stereocenters. The Morgan fingerprint density at radius 3 is 2.50 bits per heavy atom. The third-order valence-corrected chi connectivity index (χ3v) is 6.09. The van der Waals surface area contributed by atoms with E-state index in [2.05, 4.69) is 15.3 Å². The van der Waals surface area contributed by atoms with Gasteiger partial charge in [0, 0.05) is 23.9 Å². The van der Waals surface area contributed by atoms with E-state index in [1.807, 2.05) is 0 Å². The Morgan fingerprint density at radius 1 is 1.22 bits per heavy atom. The monoisotopic (exact) mass is 474 g/mol. The van der Waals surface area contributed by atoms with Crippen LogP contribution in [-0.2, 0) is 5.54 Å². The molecule has 1 aromatic carbocycles. The molecule has 11 heteroatoms. The van der Waals surface area contributed by atoms with E-state index in [0.717, 1.165) is 35.7 Å². The van der Waals surface area contributed by atoms with Crippen LogP contribution in [0.3, 0.4) is 0 Å². The molecule has 4 rings (SSSR count). The Morgan fingerprint density at radius 2 is 1.91 bits per heavy atom. The lowest BCUT2D eigenvalue weighted by Gasteiger charge is -2.38. The Bertz CT molecular complexity index is 1250. The number of carbonyl (C=O) groups excluding carboxylic acids is 1. The lowest BCUT2D eigenvalue weighted by molar-refractivity contribution is 0.102. The summed E-state index contributed by atoms with van der Waals surface area (Å²) in [6, 6.07) is 4.73. The molecule has 0 bridgehead atoms. The van der Waals surface area contributed by atoms with Gasteiger partial charge in [0.15, 0.2) is 0 Å². The van der Waals surface area contributed by atoms with E-state index in [1.54, 1.807) is 12.3 Å². The molecule has 1 aliphatic rings. The highest BCUT2D eigenvalue weighted by atomic mass is 35.5. The molecule has 1 saturated carbocycles. The fraction of sp³-hybridized carbons (Fsp3) is 0.238. The van der Waals surface area contributed by atoms with Crippen LogP contribution in [0.4, 0.5) is 11.5 Å². The van der Waals surface area contributed by atoms with Crippen molar-refractivity contribution in [2.24, 2.45) is 5.73 Å². The maximum atomic E-state index is 13.2. The number of nitrogens with two attached hydrogens (primary N) is 2. The first-order chi connectivity index (χ1) is 15.2. The van der Waals surface area contributed by atoms with Gasteiger partial charge in [-0.15, -0.1) is 0 Å². The summed E-state index contributed by atoms with van der Waals surface area (Å²) >= 11 is 12.6. The number of hydrogen-bond acceptors (Lipinski definition) is 7. The SMILES string of the molecule is COc1cc(Cl)c(-n2cnc(N)c(C(=O)Nc3cncc(C4(N)CCC4)c3)c2=O)c(Cl)c1. The minimum atomic E-state index is -0.742. The van der Waals surface area contributed by atoms with E-state index >= 15 is 0 Å². The first-order valence-electron chi connectivity index (χ1n) is 9.70. The summed E-state index contributed by atoms with van der Waals surface area (Å²) in [6.07, 6.45) is 7.02.